The summed E-state index contributed by atoms with van der Waals surface area (Å²) in [5.74, 6) is -0.533. The number of fused-ring (bicyclic) bond motifs is 1. The standard InChI is InChI=1S/C9H9NO4/c11-6-2-1-3-7-8(6)10-5(4-14-7)9(12)13/h1-3,5,10-11H,4H2,(H,12,13). The number of aromatic hydroxyl groups is 1. The van der Waals surface area contributed by atoms with E-state index in [-0.39, 0.29) is 12.4 Å². The van der Waals surface area contributed by atoms with Crippen LogP contribution in [0.2, 0.25) is 0 Å². The van der Waals surface area contributed by atoms with Crippen LogP contribution in [0.15, 0.2) is 18.2 Å². The van der Waals surface area contributed by atoms with Gasteiger partial charge in [0.1, 0.15) is 23.8 Å². The number of carboxylic acid groups (broad SMARTS) is 1. The van der Waals surface area contributed by atoms with Crippen molar-refractivity contribution in [1.82, 2.24) is 0 Å². The van der Waals surface area contributed by atoms with Crippen molar-refractivity contribution >= 4 is 11.7 Å². The average Bonchev–Trinajstić information content (AvgIpc) is 2.18. The summed E-state index contributed by atoms with van der Waals surface area (Å²) < 4.78 is 5.17. The van der Waals surface area contributed by atoms with Gasteiger partial charge in [-0.1, -0.05) is 6.07 Å². The number of phenols is 1. The molecule has 2 rings (SSSR count). The molecule has 0 spiro atoms. The number of ether oxygens (including phenoxy) is 1. The molecule has 14 heavy (non-hydrogen) atoms. The zero-order valence-corrected chi connectivity index (χ0v) is 7.23. The minimum atomic E-state index is -1.00. The minimum Gasteiger partial charge on any atom is -0.506 e. The lowest BCUT2D eigenvalue weighted by Crippen LogP contribution is -2.38. The van der Waals surface area contributed by atoms with Crippen LogP contribution < -0.4 is 10.1 Å². The second-order valence-corrected chi connectivity index (χ2v) is 3.00. The van der Waals surface area contributed by atoms with Crippen molar-refractivity contribution in [2.45, 2.75) is 6.04 Å². The van der Waals surface area contributed by atoms with Gasteiger partial charge in [0, 0.05) is 0 Å². The van der Waals surface area contributed by atoms with Crippen molar-refractivity contribution in [2.24, 2.45) is 0 Å². The van der Waals surface area contributed by atoms with Gasteiger partial charge in [0.15, 0.2) is 6.04 Å². The van der Waals surface area contributed by atoms with Gasteiger partial charge in [0.2, 0.25) is 0 Å². The SMILES string of the molecule is O=C(O)C1COc2cccc(O)c2N1. The van der Waals surface area contributed by atoms with E-state index in [0.717, 1.165) is 0 Å². The Hall–Kier alpha value is -1.91. The Bertz CT molecular complexity index is 377. The molecule has 5 nitrogen and oxygen atoms in total. The molecule has 74 valence electrons. The van der Waals surface area contributed by atoms with E-state index in [4.69, 9.17) is 9.84 Å². The van der Waals surface area contributed by atoms with Crippen LogP contribution >= 0.6 is 0 Å². The van der Waals surface area contributed by atoms with Crippen molar-refractivity contribution in [2.75, 3.05) is 11.9 Å². The first-order valence-corrected chi connectivity index (χ1v) is 4.12. The maximum atomic E-state index is 10.7. The van der Waals surface area contributed by atoms with E-state index in [0.29, 0.717) is 11.4 Å². The molecule has 0 saturated heterocycles. The van der Waals surface area contributed by atoms with Crippen molar-refractivity contribution in [3.05, 3.63) is 18.2 Å². The van der Waals surface area contributed by atoms with Crippen molar-refractivity contribution in [3.63, 3.8) is 0 Å². The summed E-state index contributed by atoms with van der Waals surface area (Å²) in [6.45, 7) is 0.0613. The number of para-hydroxylation sites is 1. The van der Waals surface area contributed by atoms with E-state index in [9.17, 15) is 9.90 Å². The third-order valence-corrected chi connectivity index (χ3v) is 2.03. The Balaban J connectivity index is 2.33. The third-order valence-electron chi connectivity index (χ3n) is 2.03. The number of phenolic OH excluding ortho intramolecular Hbond substituents is 1. The Morgan fingerprint density at radius 3 is 3.07 bits per heavy atom. The lowest BCUT2D eigenvalue weighted by Gasteiger charge is -2.24. The number of hydrogen-bond donors (Lipinski definition) is 3. The molecule has 3 N–H and O–H groups in total. The maximum Gasteiger partial charge on any atom is 0.329 e. The maximum absolute atomic E-state index is 10.7. The molecule has 1 atom stereocenters. The molecule has 5 heteroatoms. The van der Waals surface area contributed by atoms with E-state index in [1.165, 1.54) is 6.07 Å². The van der Waals surface area contributed by atoms with Crippen LogP contribution in [0.4, 0.5) is 5.69 Å². The van der Waals surface area contributed by atoms with E-state index in [1.54, 1.807) is 12.1 Å². The van der Waals surface area contributed by atoms with Crippen LogP contribution in [0.3, 0.4) is 0 Å². The first-order valence-electron chi connectivity index (χ1n) is 4.12. The number of carboxylic acids is 1. The number of anilines is 1. The molecule has 0 aromatic heterocycles. The van der Waals surface area contributed by atoms with Crippen LogP contribution in [-0.4, -0.2) is 28.8 Å². The number of hydrogen-bond acceptors (Lipinski definition) is 4. The molecule has 0 amide bonds. The van der Waals surface area contributed by atoms with E-state index >= 15 is 0 Å². The van der Waals surface area contributed by atoms with Gasteiger partial charge in [0.25, 0.3) is 0 Å². The lowest BCUT2D eigenvalue weighted by molar-refractivity contribution is -0.138. The first-order chi connectivity index (χ1) is 6.68. The normalized spacial score (nSPS) is 19.0. The van der Waals surface area contributed by atoms with Crippen LogP contribution in [0.5, 0.6) is 11.5 Å². The molecule has 0 aliphatic carbocycles. The topological polar surface area (TPSA) is 78.8 Å². The highest BCUT2D eigenvalue weighted by Gasteiger charge is 2.26. The van der Waals surface area contributed by atoms with Crippen LogP contribution in [0.1, 0.15) is 0 Å². The Morgan fingerprint density at radius 1 is 1.57 bits per heavy atom. The highest BCUT2D eigenvalue weighted by atomic mass is 16.5. The van der Waals surface area contributed by atoms with Gasteiger partial charge in [0.05, 0.1) is 0 Å². The van der Waals surface area contributed by atoms with E-state index in [1.807, 2.05) is 0 Å². The molecule has 1 unspecified atom stereocenters. The summed E-state index contributed by atoms with van der Waals surface area (Å²) in [6, 6.07) is 3.96. The van der Waals surface area contributed by atoms with Crippen LogP contribution in [-0.2, 0) is 4.79 Å². The largest absolute Gasteiger partial charge is 0.506 e. The fraction of sp³-hybridized carbons (Fsp3) is 0.222. The average molecular weight is 195 g/mol. The monoisotopic (exact) mass is 195 g/mol. The molecular weight excluding hydrogens is 186 g/mol. The van der Waals surface area contributed by atoms with Gasteiger partial charge < -0.3 is 20.3 Å². The van der Waals surface area contributed by atoms with Crippen molar-refractivity contribution < 1.29 is 19.7 Å². The zero-order chi connectivity index (χ0) is 10.1. The fourth-order valence-corrected chi connectivity index (χ4v) is 1.31. The summed E-state index contributed by atoms with van der Waals surface area (Å²) in [5.41, 5.74) is 0.339. The number of rotatable bonds is 1. The summed E-state index contributed by atoms with van der Waals surface area (Å²) >= 11 is 0. The van der Waals surface area contributed by atoms with Gasteiger partial charge in [-0.2, -0.15) is 0 Å². The second kappa shape index (κ2) is 3.10. The van der Waals surface area contributed by atoms with Gasteiger partial charge in [-0.3, -0.25) is 0 Å². The highest BCUT2D eigenvalue weighted by Crippen LogP contribution is 2.36. The molecule has 0 radical (unpaired) electrons. The molecule has 1 aromatic rings. The molecule has 0 saturated carbocycles. The number of aliphatic carboxylic acids is 1. The second-order valence-electron chi connectivity index (χ2n) is 3.00. The molecule has 0 fully saturated rings. The van der Waals surface area contributed by atoms with Gasteiger partial charge >= 0.3 is 5.97 Å². The first kappa shape index (κ1) is 8.68. The predicted octanol–water partition coefficient (Wildman–Crippen LogP) is 0.650. The van der Waals surface area contributed by atoms with Gasteiger partial charge in [-0.25, -0.2) is 4.79 Å². The zero-order valence-electron chi connectivity index (χ0n) is 7.23. The van der Waals surface area contributed by atoms with Crippen LogP contribution in [0.25, 0.3) is 0 Å². The van der Waals surface area contributed by atoms with Gasteiger partial charge in [-0.15, -0.1) is 0 Å². The lowest BCUT2D eigenvalue weighted by atomic mass is 10.2. The summed E-state index contributed by atoms with van der Waals surface area (Å²) in [6.07, 6.45) is 0. The van der Waals surface area contributed by atoms with E-state index in [2.05, 4.69) is 5.32 Å². The summed E-state index contributed by atoms with van der Waals surface area (Å²) in [5, 5.41) is 20.8. The highest BCUT2D eigenvalue weighted by molar-refractivity contribution is 5.81. The number of carbonyl (C=O) groups is 1. The molecule has 1 aromatic carbocycles. The van der Waals surface area contributed by atoms with Crippen LogP contribution in [0, 0.1) is 0 Å². The van der Waals surface area contributed by atoms with Gasteiger partial charge in [-0.05, 0) is 12.1 Å². The Kier molecular flexibility index (Phi) is 1.92. The molecule has 1 aliphatic rings. The van der Waals surface area contributed by atoms with Crippen molar-refractivity contribution in [3.8, 4) is 11.5 Å². The fourth-order valence-electron chi connectivity index (χ4n) is 1.31. The molecular formula is C9H9NO4. The summed E-state index contributed by atoms with van der Waals surface area (Å²) in [4.78, 5) is 10.7. The number of benzene rings is 1. The molecule has 0 bridgehead atoms. The Morgan fingerprint density at radius 2 is 2.36 bits per heavy atom. The predicted molar refractivity (Wildman–Crippen MR) is 48.6 cm³/mol. The Labute approximate surface area is 79.9 Å². The van der Waals surface area contributed by atoms with Crippen molar-refractivity contribution in [1.29, 1.82) is 0 Å². The summed E-state index contributed by atoms with van der Waals surface area (Å²) in [7, 11) is 0. The van der Waals surface area contributed by atoms with E-state index < -0.39 is 12.0 Å². The minimum absolute atomic E-state index is 0.00606. The molecule has 1 heterocycles. The quantitative estimate of drug-likeness (QED) is 0.573. The molecule has 1 aliphatic heterocycles. The smallest absolute Gasteiger partial charge is 0.329 e. The number of nitrogens with one attached hydrogen (secondary N) is 1. The third kappa shape index (κ3) is 1.32.